The Bertz CT molecular complexity index is 3420. The van der Waals surface area contributed by atoms with Crippen LogP contribution in [0.3, 0.4) is 0 Å². The van der Waals surface area contributed by atoms with Crippen LogP contribution in [0, 0.1) is 0 Å². The zero-order valence-electron chi connectivity index (χ0n) is 25.9. The van der Waals surface area contributed by atoms with Gasteiger partial charge in [0, 0.05) is 44.1 Å². The van der Waals surface area contributed by atoms with Crippen LogP contribution >= 0.6 is 0 Å². The first-order valence-electron chi connectivity index (χ1n) is 16.9. The maximum atomic E-state index is 6.90. The van der Waals surface area contributed by atoms with Gasteiger partial charge >= 0.3 is 5.66 Å². The lowest BCUT2D eigenvalue weighted by Gasteiger charge is -2.30. The van der Waals surface area contributed by atoms with Crippen LogP contribution in [0.1, 0.15) is 11.1 Å². The number of rotatable bonds is 1. The van der Waals surface area contributed by atoms with Crippen molar-refractivity contribution in [2.24, 2.45) is 0 Å². The molecule has 14 rings (SSSR count). The van der Waals surface area contributed by atoms with Crippen molar-refractivity contribution in [3.05, 3.63) is 151 Å². The molecule has 6 nitrogen and oxygen atoms in total. The quantitative estimate of drug-likeness (QED) is 0.133. The highest BCUT2D eigenvalue weighted by molar-refractivity contribution is 6.21. The molecule has 0 fully saturated rings. The van der Waals surface area contributed by atoms with E-state index in [9.17, 15) is 0 Å². The molecule has 5 aromatic heterocycles. The lowest BCUT2D eigenvalue weighted by atomic mass is 9.85. The Morgan fingerprint density at radius 3 is 1.76 bits per heavy atom. The van der Waals surface area contributed by atoms with Crippen LogP contribution in [-0.4, -0.2) is 13.4 Å². The fraction of sp³-hybridized carbons (Fsp3) is 0.0233. The molecule has 0 saturated heterocycles. The molecule has 11 aromatic rings. The van der Waals surface area contributed by atoms with Gasteiger partial charge in [-0.1, -0.05) is 54.6 Å². The molecule has 3 aliphatic heterocycles. The molecule has 0 amide bonds. The third-order valence-electron chi connectivity index (χ3n) is 11.8. The summed E-state index contributed by atoms with van der Waals surface area (Å²) in [5, 5.41) is 10.0. The number of pyridine rings is 2. The summed E-state index contributed by atoms with van der Waals surface area (Å²) in [7, 11) is 0. The normalized spacial score (nSPS) is 16.8. The van der Waals surface area contributed by atoms with Crippen molar-refractivity contribution in [3.63, 3.8) is 0 Å². The summed E-state index contributed by atoms with van der Waals surface area (Å²) in [6, 6.07) is 42.0. The van der Waals surface area contributed by atoms with Crippen LogP contribution in [0.5, 0.6) is 11.5 Å². The number of nitrogens with zero attached hydrogens (tertiary/aromatic N) is 5. The molecule has 0 N–H and O–H groups in total. The molecule has 3 aliphatic rings. The number of para-hydroxylation sites is 3. The lowest BCUT2D eigenvalue weighted by Crippen LogP contribution is -2.71. The third-order valence-corrected chi connectivity index (χ3v) is 11.8. The second kappa shape index (κ2) is 7.40. The van der Waals surface area contributed by atoms with Crippen LogP contribution in [0.2, 0.25) is 0 Å². The zero-order chi connectivity index (χ0) is 31.3. The number of aromatic nitrogens is 5. The van der Waals surface area contributed by atoms with Gasteiger partial charge in [0.05, 0.1) is 21.8 Å². The van der Waals surface area contributed by atoms with Gasteiger partial charge in [0.25, 0.3) is 11.3 Å². The van der Waals surface area contributed by atoms with E-state index in [2.05, 4.69) is 163 Å². The molecule has 6 aromatic carbocycles. The van der Waals surface area contributed by atoms with Crippen molar-refractivity contribution in [3.8, 4) is 17.2 Å². The van der Waals surface area contributed by atoms with Crippen molar-refractivity contribution in [1.82, 2.24) is 13.4 Å². The smallest absolute Gasteiger partial charge is 0.315 e. The Labute approximate surface area is 277 Å². The van der Waals surface area contributed by atoms with Crippen molar-refractivity contribution >= 4 is 76.5 Å². The fourth-order valence-electron chi connectivity index (χ4n) is 10.1. The Balaban J connectivity index is 1.20. The Hall–Kier alpha value is -6.66. The van der Waals surface area contributed by atoms with Crippen molar-refractivity contribution in [1.29, 1.82) is 0 Å². The summed E-state index contributed by atoms with van der Waals surface area (Å²) < 4.78 is 19.1. The van der Waals surface area contributed by atoms with Crippen molar-refractivity contribution in [2.75, 3.05) is 0 Å². The highest BCUT2D eigenvalue weighted by atomic mass is 16.5. The largest absolute Gasteiger partial charge is 0.456 e. The summed E-state index contributed by atoms with van der Waals surface area (Å²) >= 11 is 0. The minimum Gasteiger partial charge on any atom is -0.456 e. The molecule has 8 heterocycles. The number of benzene rings is 6. The molecule has 0 radical (unpaired) electrons. The minimum absolute atomic E-state index is 0.601. The monoisotopic (exact) mass is 625 g/mol. The molecule has 1 spiro atoms. The molecule has 1 unspecified atom stereocenters. The van der Waals surface area contributed by atoms with Crippen LogP contribution in [0.25, 0.3) is 82.1 Å². The molecule has 0 saturated carbocycles. The van der Waals surface area contributed by atoms with Crippen molar-refractivity contribution < 1.29 is 13.9 Å². The summed E-state index contributed by atoms with van der Waals surface area (Å²) in [6.07, 6.45) is 9.09. The van der Waals surface area contributed by atoms with Gasteiger partial charge in [0.1, 0.15) is 58.4 Å². The summed E-state index contributed by atoms with van der Waals surface area (Å²) in [5.41, 5.74) is 10.2. The maximum absolute atomic E-state index is 6.90. The minimum atomic E-state index is -0.601. The van der Waals surface area contributed by atoms with Crippen LogP contribution in [0.15, 0.2) is 140 Å². The van der Waals surface area contributed by atoms with Crippen molar-refractivity contribution in [2.45, 2.75) is 5.66 Å². The number of hydrogen-bond donors (Lipinski definition) is 0. The van der Waals surface area contributed by atoms with Crippen LogP contribution in [-0.2, 0) is 5.66 Å². The summed E-state index contributed by atoms with van der Waals surface area (Å²) in [5.74, 6) is 1.86. The fourth-order valence-corrected chi connectivity index (χ4v) is 10.1. The van der Waals surface area contributed by atoms with E-state index in [4.69, 9.17) is 4.74 Å². The number of hydrogen-bond acceptors (Lipinski definition) is 1. The van der Waals surface area contributed by atoms with E-state index in [0.29, 0.717) is 0 Å². The van der Waals surface area contributed by atoms with Gasteiger partial charge in [-0.3, -0.25) is 0 Å². The second-order valence-corrected chi connectivity index (χ2v) is 13.8. The van der Waals surface area contributed by atoms with Gasteiger partial charge in [-0.05, 0) is 54.6 Å². The standard InChI is InChI=1S/C43H23N5O/c1-2-8-24(9-3-1)48-32-13-7-5-11-26(32)29-22-30-28-15-17-36-40-38(28)42-45(33(30)23-34(29)48)19-21-47(42)43(40)39-35(49-36)16-14-27-25-10-4-6-12-31(25)44-18-20-46(43)41(44)37(27)39/h1-23H/q+2. The van der Waals surface area contributed by atoms with Gasteiger partial charge in [-0.25, -0.2) is 0 Å². The predicted octanol–water partition coefficient (Wildman–Crippen LogP) is 8.51. The molecule has 6 heteroatoms. The third kappa shape index (κ3) is 2.28. The number of fused-ring (bicyclic) bond motifs is 9. The number of ether oxygens (including phenoxy) is 1. The average molecular weight is 626 g/mol. The van der Waals surface area contributed by atoms with Gasteiger partial charge in [-0.2, -0.15) is 17.9 Å². The molecule has 0 aliphatic carbocycles. The molecular formula is C43H23N5O+2. The molecule has 1 atom stereocenters. The van der Waals surface area contributed by atoms with Gasteiger partial charge in [-0.15, -0.1) is 0 Å². The number of imidazole rings is 2. The Morgan fingerprint density at radius 1 is 0.469 bits per heavy atom. The second-order valence-electron chi connectivity index (χ2n) is 13.8. The highest BCUT2D eigenvalue weighted by Gasteiger charge is 2.65. The van der Waals surface area contributed by atoms with Crippen LogP contribution < -0.4 is 13.9 Å². The van der Waals surface area contributed by atoms with Gasteiger partial charge in [0.15, 0.2) is 0 Å². The van der Waals surface area contributed by atoms with E-state index in [1.807, 2.05) is 0 Å². The van der Waals surface area contributed by atoms with E-state index in [1.54, 1.807) is 0 Å². The van der Waals surface area contributed by atoms with Gasteiger partial charge in [0.2, 0.25) is 0 Å². The summed E-state index contributed by atoms with van der Waals surface area (Å²) in [6.45, 7) is 0. The molecule has 224 valence electrons. The predicted molar refractivity (Wildman–Crippen MR) is 191 cm³/mol. The average Bonchev–Trinajstić information content (AvgIpc) is 3.96. The highest BCUT2D eigenvalue weighted by Crippen LogP contribution is 2.57. The van der Waals surface area contributed by atoms with Gasteiger partial charge < -0.3 is 9.30 Å². The maximum Gasteiger partial charge on any atom is 0.315 e. The molecular weight excluding hydrogens is 603 g/mol. The molecule has 0 bridgehead atoms. The lowest BCUT2D eigenvalue weighted by molar-refractivity contribution is -0.944. The SMILES string of the molecule is c1ccc(-n2c3ccccc3c3cc4c5ccc6c7c5c5n(cc[n+]5C75c7c(ccc8c9ccccc9n9cc[n+]5c9c78)O6)c4cc32)cc1. The molecule has 49 heavy (non-hydrogen) atoms. The zero-order valence-corrected chi connectivity index (χ0v) is 25.9. The topological polar surface area (TPSA) is 30.7 Å². The Morgan fingerprint density at radius 2 is 1.04 bits per heavy atom. The Kier molecular flexibility index (Phi) is 3.57. The first-order valence-corrected chi connectivity index (χ1v) is 16.9. The van der Waals surface area contributed by atoms with E-state index >= 15 is 0 Å². The first-order chi connectivity index (χ1) is 24.3. The van der Waals surface area contributed by atoms with E-state index < -0.39 is 5.66 Å². The summed E-state index contributed by atoms with van der Waals surface area (Å²) in [4.78, 5) is 0. The van der Waals surface area contributed by atoms with E-state index in [-0.39, 0.29) is 0 Å². The van der Waals surface area contributed by atoms with Crippen LogP contribution in [0.4, 0.5) is 0 Å². The first kappa shape index (κ1) is 23.6. The van der Waals surface area contributed by atoms with E-state index in [0.717, 1.165) is 17.2 Å². The van der Waals surface area contributed by atoms with E-state index in [1.165, 1.54) is 87.6 Å².